The molecule has 0 bridgehead atoms. The molecule has 84 valence electrons. The van der Waals surface area contributed by atoms with E-state index in [4.69, 9.17) is 16.3 Å². The quantitative estimate of drug-likeness (QED) is 0.731. The largest absolute Gasteiger partial charge is 0.508 e. The first-order chi connectivity index (χ1) is 7.26. The summed E-state index contributed by atoms with van der Waals surface area (Å²) in [6.07, 6.45) is 0. The van der Waals surface area contributed by atoms with Gasteiger partial charge in [0.25, 0.3) is 0 Å². The molecule has 1 aromatic carbocycles. The molecule has 4 heteroatoms. The van der Waals surface area contributed by atoms with E-state index in [9.17, 15) is 5.11 Å². The van der Waals surface area contributed by atoms with E-state index in [2.05, 4.69) is 5.32 Å². The average molecular weight is 230 g/mol. The molecule has 0 saturated carbocycles. The van der Waals surface area contributed by atoms with E-state index in [0.29, 0.717) is 19.0 Å². The molecule has 2 N–H and O–H groups in total. The highest BCUT2D eigenvalue weighted by Gasteiger charge is 2.05. The normalized spacial score (nSPS) is 12.7. The van der Waals surface area contributed by atoms with E-state index < -0.39 is 0 Å². The maximum atomic E-state index is 9.26. The molecule has 1 rings (SSSR count). The lowest BCUT2D eigenvalue weighted by Gasteiger charge is -2.14. The van der Waals surface area contributed by atoms with Crippen LogP contribution in [0.5, 0.6) is 5.75 Å². The Bertz CT molecular complexity index is 294. The van der Waals surface area contributed by atoms with Crippen LogP contribution in [0.2, 0.25) is 0 Å². The molecule has 0 aliphatic heterocycles. The van der Waals surface area contributed by atoms with E-state index >= 15 is 0 Å². The van der Waals surface area contributed by atoms with Crippen LogP contribution in [0.15, 0.2) is 24.3 Å². The van der Waals surface area contributed by atoms with Gasteiger partial charge < -0.3 is 15.2 Å². The van der Waals surface area contributed by atoms with Crippen molar-refractivity contribution in [2.45, 2.75) is 12.6 Å². The van der Waals surface area contributed by atoms with Gasteiger partial charge in [-0.25, -0.2) is 0 Å². The summed E-state index contributed by atoms with van der Waals surface area (Å²) in [6, 6.07) is 7.28. The fraction of sp³-hybridized carbons (Fsp3) is 0.455. The fourth-order valence-corrected chi connectivity index (χ4v) is 1.49. The number of phenolic OH excluding ortho intramolecular Hbond substituents is 1. The second-order valence-electron chi connectivity index (χ2n) is 3.36. The van der Waals surface area contributed by atoms with Crippen molar-refractivity contribution in [2.75, 3.05) is 19.6 Å². The second kappa shape index (κ2) is 6.67. The summed E-state index contributed by atoms with van der Waals surface area (Å²) < 4.78 is 5.01. The fourth-order valence-electron chi connectivity index (χ4n) is 1.29. The van der Waals surface area contributed by atoms with Crippen LogP contribution in [0, 0.1) is 0 Å². The second-order valence-corrected chi connectivity index (χ2v) is 3.67. The SMILES string of the molecule is COCC(CCl)NCc1cccc(O)c1. The van der Waals surface area contributed by atoms with E-state index in [1.165, 1.54) is 0 Å². The summed E-state index contributed by atoms with van der Waals surface area (Å²) in [4.78, 5) is 0. The topological polar surface area (TPSA) is 41.5 Å². The highest BCUT2D eigenvalue weighted by Crippen LogP contribution is 2.10. The molecular weight excluding hydrogens is 214 g/mol. The van der Waals surface area contributed by atoms with Crippen molar-refractivity contribution in [3.05, 3.63) is 29.8 Å². The van der Waals surface area contributed by atoms with Crippen LogP contribution >= 0.6 is 11.6 Å². The molecule has 1 unspecified atom stereocenters. The van der Waals surface area contributed by atoms with Gasteiger partial charge in [0.05, 0.1) is 6.61 Å². The van der Waals surface area contributed by atoms with E-state index in [1.54, 1.807) is 19.2 Å². The Kier molecular flexibility index (Phi) is 5.47. The Labute approximate surface area is 95.0 Å². The van der Waals surface area contributed by atoms with Gasteiger partial charge in [-0.2, -0.15) is 0 Å². The first-order valence-electron chi connectivity index (χ1n) is 4.82. The van der Waals surface area contributed by atoms with Crippen LogP contribution in [0.1, 0.15) is 5.56 Å². The summed E-state index contributed by atoms with van der Waals surface area (Å²) in [5.41, 5.74) is 1.03. The van der Waals surface area contributed by atoms with Crippen molar-refractivity contribution in [1.29, 1.82) is 0 Å². The third-order valence-corrected chi connectivity index (χ3v) is 2.43. The van der Waals surface area contributed by atoms with Gasteiger partial charge in [0.15, 0.2) is 0 Å². The molecule has 0 heterocycles. The number of rotatable bonds is 6. The van der Waals surface area contributed by atoms with Gasteiger partial charge >= 0.3 is 0 Å². The van der Waals surface area contributed by atoms with Gasteiger partial charge in [-0.05, 0) is 17.7 Å². The molecule has 0 aliphatic rings. The minimum Gasteiger partial charge on any atom is -0.508 e. The number of halogens is 1. The molecule has 1 aromatic rings. The molecular formula is C11H16ClNO2. The van der Waals surface area contributed by atoms with Crippen LogP contribution in [-0.2, 0) is 11.3 Å². The summed E-state index contributed by atoms with van der Waals surface area (Å²) in [5.74, 6) is 0.788. The Hall–Kier alpha value is -0.770. The lowest BCUT2D eigenvalue weighted by atomic mass is 10.2. The zero-order chi connectivity index (χ0) is 11.1. The Morgan fingerprint density at radius 3 is 2.93 bits per heavy atom. The molecule has 0 amide bonds. The number of phenols is 1. The number of hydrogen-bond acceptors (Lipinski definition) is 3. The van der Waals surface area contributed by atoms with Gasteiger partial charge in [-0.15, -0.1) is 11.6 Å². The van der Waals surface area contributed by atoms with Crippen molar-refractivity contribution in [3.8, 4) is 5.75 Å². The highest BCUT2D eigenvalue weighted by atomic mass is 35.5. The molecule has 0 aliphatic carbocycles. The van der Waals surface area contributed by atoms with E-state index in [0.717, 1.165) is 5.56 Å². The van der Waals surface area contributed by atoms with Crippen LogP contribution in [0.3, 0.4) is 0 Å². The smallest absolute Gasteiger partial charge is 0.115 e. The lowest BCUT2D eigenvalue weighted by Crippen LogP contribution is -2.34. The average Bonchev–Trinajstić information content (AvgIpc) is 2.24. The highest BCUT2D eigenvalue weighted by molar-refractivity contribution is 6.18. The Morgan fingerprint density at radius 2 is 2.33 bits per heavy atom. The summed E-state index contributed by atoms with van der Waals surface area (Å²) in [5, 5.41) is 12.5. The van der Waals surface area contributed by atoms with Crippen molar-refractivity contribution >= 4 is 11.6 Å². The van der Waals surface area contributed by atoms with Crippen molar-refractivity contribution in [3.63, 3.8) is 0 Å². The molecule has 0 fully saturated rings. The maximum Gasteiger partial charge on any atom is 0.115 e. The molecule has 0 saturated heterocycles. The number of hydrogen-bond donors (Lipinski definition) is 2. The van der Waals surface area contributed by atoms with Crippen LogP contribution in [0.25, 0.3) is 0 Å². The number of ether oxygens (including phenoxy) is 1. The minimum atomic E-state index is 0.138. The van der Waals surface area contributed by atoms with Gasteiger partial charge in [0.2, 0.25) is 0 Å². The molecule has 3 nitrogen and oxygen atoms in total. The third-order valence-electron chi connectivity index (χ3n) is 2.06. The predicted molar refractivity (Wildman–Crippen MR) is 61.3 cm³/mol. The molecule has 15 heavy (non-hydrogen) atoms. The van der Waals surface area contributed by atoms with Gasteiger partial charge in [-0.3, -0.25) is 0 Å². The Balaban J connectivity index is 2.41. The van der Waals surface area contributed by atoms with Crippen LogP contribution in [-0.4, -0.2) is 30.7 Å². The molecule has 0 aromatic heterocycles. The summed E-state index contributed by atoms with van der Waals surface area (Å²) in [7, 11) is 1.65. The number of aromatic hydroxyl groups is 1. The molecule has 0 spiro atoms. The van der Waals surface area contributed by atoms with Gasteiger partial charge in [-0.1, -0.05) is 12.1 Å². The van der Waals surface area contributed by atoms with Crippen LogP contribution < -0.4 is 5.32 Å². The predicted octanol–water partition coefficient (Wildman–Crippen LogP) is 1.74. The number of benzene rings is 1. The first-order valence-corrected chi connectivity index (χ1v) is 5.36. The van der Waals surface area contributed by atoms with Gasteiger partial charge in [0.1, 0.15) is 5.75 Å². The molecule has 1 atom stereocenters. The van der Waals surface area contributed by atoms with Crippen LogP contribution in [0.4, 0.5) is 0 Å². The zero-order valence-electron chi connectivity index (χ0n) is 8.74. The van der Waals surface area contributed by atoms with Crippen molar-refractivity contribution in [1.82, 2.24) is 5.32 Å². The standard InChI is InChI=1S/C11H16ClNO2/c1-15-8-10(6-12)13-7-9-3-2-4-11(14)5-9/h2-5,10,13-14H,6-8H2,1H3. The number of alkyl halides is 1. The first kappa shape index (κ1) is 12.3. The number of nitrogens with one attached hydrogen (secondary N) is 1. The monoisotopic (exact) mass is 229 g/mol. The number of methoxy groups -OCH3 is 1. The maximum absolute atomic E-state index is 9.26. The van der Waals surface area contributed by atoms with E-state index in [-0.39, 0.29) is 11.8 Å². The minimum absolute atomic E-state index is 0.138. The van der Waals surface area contributed by atoms with E-state index in [1.807, 2.05) is 12.1 Å². The van der Waals surface area contributed by atoms with Gasteiger partial charge in [0, 0.05) is 25.6 Å². The third kappa shape index (κ3) is 4.51. The van der Waals surface area contributed by atoms with Crippen molar-refractivity contribution < 1.29 is 9.84 Å². The summed E-state index contributed by atoms with van der Waals surface area (Å²) >= 11 is 5.75. The lowest BCUT2D eigenvalue weighted by molar-refractivity contribution is 0.172. The molecule has 0 radical (unpaired) electrons. The Morgan fingerprint density at radius 1 is 1.53 bits per heavy atom. The zero-order valence-corrected chi connectivity index (χ0v) is 9.50. The summed E-state index contributed by atoms with van der Waals surface area (Å²) in [6.45, 7) is 1.26. The van der Waals surface area contributed by atoms with Crippen molar-refractivity contribution in [2.24, 2.45) is 0 Å².